The molecule has 2 aromatic carbocycles. The number of amides is 2. The molecule has 38 heavy (non-hydrogen) atoms. The average molecular weight is 531 g/mol. The summed E-state index contributed by atoms with van der Waals surface area (Å²) in [7, 11) is 2.13. The Labute approximate surface area is 229 Å². The average Bonchev–Trinajstić information content (AvgIpc) is 3.39. The summed E-state index contributed by atoms with van der Waals surface area (Å²) in [5.41, 5.74) is 3.84. The van der Waals surface area contributed by atoms with Gasteiger partial charge in [-0.25, -0.2) is 4.98 Å². The molecule has 0 atom stereocenters. The van der Waals surface area contributed by atoms with Crippen molar-refractivity contribution < 1.29 is 9.59 Å². The number of likely N-dealkylation sites (tertiary alicyclic amines) is 1. The minimum atomic E-state index is -0.449. The summed E-state index contributed by atoms with van der Waals surface area (Å²) < 4.78 is 0. The maximum absolute atomic E-state index is 13.7. The van der Waals surface area contributed by atoms with E-state index in [1.807, 2.05) is 23.6 Å². The lowest BCUT2D eigenvalue weighted by atomic mass is 9.71. The van der Waals surface area contributed by atoms with Gasteiger partial charge in [0.25, 0.3) is 0 Å². The number of anilines is 1. The van der Waals surface area contributed by atoms with Crippen LogP contribution in [0.4, 0.5) is 5.13 Å². The number of thiazole rings is 1. The zero-order chi connectivity index (χ0) is 26.5. The van der Waals surface area contributed by atoms with Crippen LogP contribution in [0.2, 0.25) is 0 Å². The number of nitrogens with zero attached hydrogens (tertiary/aromatic N) is 2. The first-order valence-corrected chi connectivity index (χ1v) is 14.7. The molecule has 3 aromatic rings. The zero-order valence-corrected chi connectivity index (χ0v) is 23.2. The first-order valence-electron chi connectivity index (χ1n) is 13.8. The van der Waals surface area contributed by atoms with Gasteiger partial charge < -0.3 is 15.5 Å². The topological polar surface area (TPSA) is 74.3 Å². The molecule has 1 aromatic heterocycles. The van der Waals surface area contributed by atoms with Crippen LogP contribution in [0.25, 0.3) is 11.3 Å². The first kappa shape index (κ1) is 26.6. The highest BCUT2D eigenvalue weighted by Gasteiger charge is 2.43. The van der Waals surface area contributed by atoms with Gasteiger partial charge in [0.1, 0.15) is 0 Å². The van der Waals surface area contributed by atoms with Crippen molar-refractivity contribution in [1.29, 1.82) is 0 Å². The van der Waals surface area contributed by atoms with E-state index < -0.39 is 5.41 Å². The fourth-order valence-corrected chi connectivity index (χ4v) is 6.60. The van der Waals surface area contributed by atoms with Gasteiger partial charge in [-0.05, 0) is 77.1 Å². The number of benzene rings is 2. The van der Waals surface area contributed by atoms with Gasteiger partial charge in [-0.2, -0.15) is 0 Å². The maximum Gasteiger partial charge on any atom is 0.230 e. The van der Waals surface area contributed by atoms with Gasteiger partial charge in [-0.15, -0.1) is 11.3 Å². The number of hydrogen-bond donors (Lipinski definition) is 2. The Bertz CT molecular complexity index is 1220. The van der Waals surface area contributed by atoms with Crippen molar-refractivity contribution in [2.75, 3.05) is 25.5 Å². The Balaban J connectivity index is 1.11. The molecule has 5 rings (SSSR count). The fraction of sp³-hybridized carbons (Fsp3) is 0.452. The summed E-state index contributed by atoms with van der Waals surface area (Å²) >= 11 is 1.46. The van der Waals surface area contributed by atoms with E-state index in [4.69, 9.17) is 0 Å². The van der Waals surface area contributed by atoms with Gasteiger partial charge in [0.05, 0.1) is 11.1 Å². The first-order chi connectivity index (χ1) is 18.4. The molecule has 2 aliphatic rings. The Morgan fingerprint density at radius 1 is 1.00 bits per heavy atom. The van der Waals surface area contributed by atoms with Crippen molar-refractivity contribution in [3.05, 3.63) is 71.1 Å². The minimum Gasteiger partial charge on any atom is -0.353 e. The molecule has 0 radical (unpaired) electrons. The minimum absolute atomic E-state index is 0.0247. The summed E-state index contributed by atoms with van der Waals surface area (Å²) in [6.45, 7) is 3.92. The van der Waals surface area contributed by atoms with Gasteiger partial charge in [0, 0.05) is 23.4 Å². The van der Waals surface area contributed by atoms with E-state index in [2.05, 4.69) is 70.9 Å². The van der Waals surface area contributed by atoms with Crippen molar-refractivity contribution in [3.8, 4) is 11.3 Å². The molecule has 0 bridgehead atoms. The molecule has 200 valence electrons. The highest BCUT2D eigenvalue weighted by molar-refractivity contribution is 7.14. The molecule has 1 aliphatic carbocycles. The second-order valence-corrected chi connectivity index (χ2v) is 12.0. The molecule has 2 N–H and O–H groups in total. The highest BCUT2D eigenvalue weighted by Crippen LogP contribution is 2.37. The number of hydrogen-bond acceptors (Lipinski definition) is 5. The van der Waals surface area contributed by atoms with Crippen LogP contribution in [0, 0.1) is 12.8 Å². The van der Waals surface area contributed by atoms with E-state index in [9.17, 15) is 9.59 Å². The monoisotopic (exact) mass is 530 g/mol. The highest BCUT2D eigenvalue weighted by atomic mass is 32.1. The van der Waals surface area contributed by atoms with E-state index in [1.54, 1.807) is 0 Å². The van der Waals surface area contributed by atoms with Crippen molar-refractivity contribution in [3.63, 3.8) is 0 Å². The van der Waals surface area contributed by atoms with Crippen LogP contribution < -0.4 is 10.6 Å². The molecule has 2 amide bonds. The van der Waals surface area contributed by atoms with Gasteiger partial charge in [0.2, 0.25) is 11.8 Å². The molecule has 1 saturated heterocycles. The van der Waals surface area contributed by atoms with Crippen LogP contribution in [0.5, 0.6) is 0 Å². The van der Waals surface area contributed by atoms with E-state index in [0.29, 0.717) is 17.5 Å². The predicted molar refractivity (Wildman–Crippen MR) is 154 cm³/mol. The van der Waals surface area contributed by atoms with Gasteiger partial charge in [-0.1, -0.05) is 60.2 Å². The maximum atomic E-state index is 13.7. The van der Waals surface area contributed by atoms with Crippen LogP contribution >= 0.6 is 11.3 Å². The molecule has 2 fully saturated rings. The molecule has 0 spiro atoms. The van der Waals surface area contributed by atoms with Gasteiger partial charge in [-0.3, -0.25) is 9.59 Å². The lowest BCUT2D eigenvalue weighted by Crippen LogP contribution is -2.53. The molecular formula is C31H38N4O2S. The van der Waals surface area contributed by atoms with E-state index in [1.165, 1.54) is 16.9 Å². The number of nitrogens with one attached hydrogen (secondary N) is 2. The van der Waals surface area contributed by atoms with Crippen LogP contribution in [0.3, 0.4) is 0 Å². The van der Waals surface area contributed by atoms with Crippen LogP contribution in [-0.4, -0.2) is 47.9 Å². The normalized spacial score (nSPS) is 21.5. The second-order valence-electron chi connectivity index (χ2n) is 11.1. The summed E-state index contributed by atoms with van der Waals surface area (Å²) in [4.78, 5) is 33.3. The summed E-state index contributed by atoms with van der Waals surface area (Å²) in [5.74, 6) is 0.536. The Hall–Kier alpha value is -3.03. The number of aryl methyl sites for hydroxylation is 1. The number of carbonyl (C=O) groups is 2. The number of aromatic nitrogens is 1. The molecule has 1 saturated carbocycles. The third kappa shape index (κ3) is 6.16. The number of piperidine rings is 1. The number of rotatable bonds is 7. The third-order valence-electron chi connectivity index (χ3n) is 8.36. The van der Waals surface area contributed by atoms with Crippen molar-refractivity contribution in [2.24, 2.45) is 5.92 Å². The summed E-state index contributed by atoms with van der Waals surface area (Å²) in [5, 5.41) is 9.05. The van der Waals surface area contributed by atoms with Crippen LogP contribution in [-0.2, 0) is 15.0 Å². The molecule has 0 unspecified atom stereocenters. The van der Waals surface area contributed by atoms with E-state index in [0.717, 1.165) is 68.4 Å². The lowest BCUT2D eigenvalue weighted by Gasteiger charge is -2.41. The Morgan fingerprint density at radius 3 is 2.37 bits per heavy atom. The van der Waals surface area contributed by atoms with E-state index in [-0.39, 0.29) is 17.9 Å². The largest absolute Gasteiger partial charge is 0.353 e. The third-order valence-corrected chi connectivity index (χ3v) is 9.11. The second kappa shape index (κ2) is 11.8. The quantitative estimate of drug-likeness (QED) is 0.406. The van der Waals surface area contributed by atoms with Crippen molar-refractivity contribution >= 4 is 28.3 Å². The predicted octanol–water partition coefficient (Wildman–Crippen LogP) is 5.79. The summed E-state index contributed by atoms with van der Waals surface area (Å²) in [6, 6.07) is 18.7. The van der Waals surface area contributed by atoms with Crippen molar-refractivity contribution in [1.82, 2.24) is 15.2 Å². The molecule has 6 nitrogen and oxygen atoms in total. The SMILES string of the molecule is Cc1ccc(-c2csc(NC(=O)CC3CCC(NC(=O)C4(c5ccccc5)CCN(C)CC4)CC3)n2)cc1. The zero-order valence-electron chi connectivity index (χ0n) is 22.4. The standard InChI is InChI=1S/C31H38N4O2S/c1-22-8-12-24(13-9-22)27-21-38-30(33-27)34-28(36)20-23-10-14-26(15-11-23)32-29(37)31(16-18-35(2)19-17-31)25-6-4-3-5-7-25/h3-9,12-13,21,23,26H,10-11,14-20H2,1-2H3,(H,32,37)(H,33,34,36). The fourth-order valence-electron chi connectivity index (χ4n) is 5.86. The van der Waals surface area contributed by atoms with Crippen LogP contribution in [0.1, 0.15) is 56.1 Å². The number of carbonyl (C=O) groups excluding carboxylic acids is 2. The Kier molecular flexibility index (Phi) is 8.24. The molecular weight excluding hydrogens is 492 g/mol. The van der Waals surface area contributed by atoms with Crippen LogP contribution in [0.15, 0.2) is 60.0 Å². The van der Waals surface area contributed by atoms with Gasteiger partial charge >= 0.3 is 0 Å². The summed E-state index contributed by atoms with van der Waals surface area (Å²) in [6.07, 6.45) is 5.93. The smallest absolute Gasteiger partial charge is 0.230 e. The van der Waals surface area contributed by atoms with Gasteiger partial charge in [0.15, 0.2) is 5.13 Å². The lowest BCUT2D eigenvalue weighted by molar-refractivity contribution is -0.129. The molecule has 7 heteroatoms. The molecule has 2 heterocycles. The Morgan fingerprint density at radius 2 is 1.68 bits per heavy atom. The molecule has 1 aliphatic heterocycles. The van der Waals surface area contributed by atoms with E-state index >= 15 is 0 Å². The van der Waals surface area contributed by atoms with Crippen molar-refractivity contribution in [2.45, 2.75) is 63.3 Å².